The van der Waals surface area contributed by atoms with Crippen LogP contribution in [0.2, 0.25) is 5.02 Å². The Hall–Kier alpha value is -2.17. The van der Waals surface area contributed by atoms with Crippen molar-refractivity contribution >= 4 is 29.5 Å². The van der Waals surface area contributed by atoms with Gasteiger partial charge in [-0.15, -0.1) is 13.2 Å². The largest absolute Gasteiger partial charge is 0.573 e. The molecule has 1 N–H and O–H groups in total. The molecule has 4 rings (SSSR count). The summed E-state index contributed by atoms with van der Waals surface area (Å²) in [6.07, 6.45) is 0.154. The molecule has 1 aliphatic carbocycles. The average molecular weight is 533 g/mol. The Kier molecular flexibility index (Phi) is 8.02. The summed E-state index contributed by atoms with van der Waals surface area (Å²) < 4.78 is 65.4. The SMILES string of the molecule is CSNC(=O)c1cc(C2CC2)c(OC2CCCN(Cc3cc(Cl)cc(OC(F)(F)F)c3)C2)cc1F. The van der Waals surface area contributed by atoms with Crippen LogP contribution in [0, 0.1) is 5.82 Å². The van der Waals surface area contributed by atoms with Gasteiger partial charge in [0.15, 0.2) is 0 Å². The van der Waals surface area contributed by atoms with Gasteiger partial charge < -0.3 is 9.47 Å². The van der Waals surface area contributed by atoms with E-state index in [9.17, 15) is 22.4 Å². The lowest BCUT2D eigenvalue weighted by Crippen LogP contribution is -2.40. The Morgan fingerprint density at radius 2 is 1.97 bits per heavy atom. The quantitative estimate of drug-likeness (QED) is 0.319. The highest BCUT2D eigenvalue weighted by atomic mass is 35.5. The molecule has 0 spiro atoms. The molecule has 0 bridgehead atoms. The van der Waals surface area contributed by atoms with Crippen LogP contribution in [0.4, 0.5) is 17.6 Å². The zero-order valence-electron chi connectivity index (χ0n) is 19.0. The highest BCUT2D eigenvalue weighted by Crippen LogP contribution is 2.45. The highest BCUT2D eigenvalue weighted by molar-refractivity contribution is 7.97. The number of carbonyl (C=O) groups excluding carboxylic acids is 1. The fraction of sp³-hybridized carbons (Fsp3) is 0.458. The summed E-state index contributed by atoms with van der Waals surface area (Å²) in [4.78, 5) is 14.3. The second-order valence-corrected chi connectivity index (χ2v) is 9.79. The number of hydrogen-bond acceptors (Lipinski definition) is 5. The summed E-state index contributed by atoms with van der Waals surface area (Å²) in [7, 11) is 0. The van der Waals surface area contributed by atoms with Crippen molar-refractivity contribution in [2.75, 3.05) is 19.3 Å². The van der Waals surface area contributed by atoms with Gasteiger partial charge in [0.2, 0.25) is 0 Å². The molecule has 2 aromatic rings. The summed E-state index contributed by atoms with van der Waals surface area (Å²) in [5.41, 5.74) is 1.42. The predicted molar refractivity (Wildman–Crippen MR) is 126 cm³/mol. The van der Waals surface area contributed by atoms with Crippen molar-refractivity contribution in [1.82, 2.24) is 9.62 Å². The van der Waals surface area contributed by atoms with Crippen molar-refractivity contribution in [2.24, 2.45) is 0 Å². The third-order valence-electron chi connectivity index (χ3n) is 5.88. The van der Waals surface area contributed by atoms with Crippen LogP contribution in [0.25, 0.3) is 0 Å². The van der Waals surface area contributed by atoms with Crippen molar-refractivity contribution < 1.29 is 31.8 Å². The number of nitrogens with zero attached hydrogens (tertiary/aromatic N) is 1. The molecule has 2 aromatic carbocycles. The lowest BCUT2D eigenvalue weighted by molar-refractivity contribution is -0.274. The number of alkyl halides is 3. The molecule has 35 heavy (non-hydrogen) atoms. The van der Waals surface area contributed by atoms with Gasteiger partial charge in [-0.2, -0.15) is 0 Å². The van der Waals surface area contributed by atoms with Crippen molar-refractivity contribution in [3.8, 4) is 11.5 Å². The summed E-state index contributed by atoms with van der Waals surface area (Å²) in [6, 6.07) is 6.93. The van der Waals surface area contributed by atoms with Crippen LogP contribution in [-0.2, 0) is 6.54 Å². The number of amides is 1. The summed E-state index contributed by atoms with van der Waals surface area (Å²) in [5.74, 6) is -0.798. The Bertz CT molecular complexity index is 1080. The molecule has 2 fully saturated rings. The van der Waals surface area contributed by atoms with E-state index in [1.165, 1.54) is 12.1 Å². The van der Waals surface area contributed by atoms with E-state index >= 15 is 0 Å². The number of nitrogens with one attached hydrogen (secondary N) is 1. The van der Waals surface area contributed by atoms with Crippen LogP contribution >= 0.6 is 23.5 Å². The van der Waals surface area contributed by atoms with Gasteiger partial charge >= 0.3 is 6.36 Å². The van der Waals surface area contributed by atoms with Gasteiger partial charge in [-0.25, -0.2) is 4.39 Å². The van der Waals surface area contributed by atoms with Crippen LogP contribution in [0.15, 0.2) is 30.3 Å². The second-order valence-electron chi connectivity index (χ2n) is 8.74. The molecule has 5 nitrogen and oxygen atoms in total. The molecule has 190 valence electrons. The van der Waals surface area contributed by atoms with E-state index in [-0.39, 0.29) is 28.4 Å². The Labute approximate surface area is 210 Å². The molecule has 1 heterocycles. The van der Waals surface area contributed by atoms with Crippen molar-refractivity contribution in [3.05, 3.63) is 57.9 Å². The number of rotatable bonds is 8. The number of benzene rings is 2. The van der Waals surface area contributed by atoms with Gasteiger partial charge in [-0.1, -0.05) is 23.5 Å². The predicted octanol–water partition coefficient (Wildman–Crippen LogP) is 6.31. The zero-order valence-corrected chi connectivity index (χ0v) is 20.5. The number of hydrogen-bond donors (Lipinski definition) is 1. The van der Waals surface area contributed by atoms with Gasteiger partial charge in [0.05, 0.1) is 5.56 Å². The Morgan fingerprint density at radius 3 is 2.66 bits per heavy atom. The summed E-state index contributed by atoms with van der Waals surface area (Å²) in [5, 5.41) is 0.154. The van der Waals surface area contributed by atoms with Crippen LogP contribution in [-0.4, -0.2) is 42.6 Å². The molecule has 1 unspecified atom stereocenters. The minimum Gasteiger partial charge on any atom is -0.489 e. The lowest BCUT2D eigenvalue weighted by atomic mass is 10.0. The van der Waals surface area contributed by atoms with Crippen molar-refractivity contribution in [3.63, 3.8) is 0 Å². The molecular formula is C24H25ClF4N2O3S. The van der Waals surface area contributed by atoms with Crippen LogP contribution in [0.5, 0.6) is 11.5 Å². The van der Waals surface area contributed by atoms with E-state index in [1.807, 2.05) is 0 Å². The number of piperidine rings is 1. The molecule has 1 saturated carbocycles. The van der Waals surface area contributed by atoms with Gasteiger partial charge in [0.25, 0.3) is 5.91 Å². The third kappa shape index (κ3) is 7.17. The Morgan fingerprint density at radius 1 is 1.20 bits per heavy atom. The minimum absolute atomic E-state index is 0.00305. The highest BCUT2D eigenvalue weighted by Gasteiger charge is 2.32. The van der Waals surface area contributed by atoms with E-state index in [0.29, 0.717) is 24.4 Å². The smallest absolute Gasteiger partial charge is 0.489 e. The molecule has 1 atom stereocenters. The molecule has 1 saturated heterocycles. The monoisotopic (exact) mass is 532 g/mol. The van der Waals surface area contributed by atoms with E-state index in [0.717, 1.165) is 55.8 Å². The van der Waals surface area contributed by atoms with E-state index in [1.54, 1.807) is 18.4 Å². The van der Waals surface area contributed by atoms with Gasteiger partial charge in [-0.05, 0) is 73.5 Å². The van der Waals surface area contributed by atoms with Crippen molar-refractivity contribution in [1.29, 1.82) is 0 Å². The zero-order chi connectivity index (χ0) is 25.2. The second kappa shape index (κ2) is 10.8. The first kappa shape index (κ1) is 25.9. The summed E-state index contributed by atoms with van der Waals surface area (Å²) >= 11 is 7.11. The Balaban J connectivity index is 1.46. The average Bonchev–Trinajstić information content (AvgIpc) is 3.58. The first-order chi connectivity index (χ1) is 16.6. The fourth-order valence-corrected chi connectivity index (χ4v) is 4.85. The van der Waals surface area contributed by atoms with E-state index in [2.05, 4.69) is 14.4 Å². The molecule has 2 aliphatic rings. The maximum Gasteiger partial charge on any atom is 0.573 e. The number of carbonyl (C=O) groups is 1. The first-order valence-electron chi connectivity index (χ1n) is 11.2. The number of likely N-dealkylation sites (tertiary alicyclic amines) is 1. The molecular weight excluding hydrogens is 508 g/mol. The number of ether oxygens (including phenoxy) is 2. The molecule has 0 radical (unpaired) electrons. The van der Waals surface area contributed by atoms with Crippen molar-refractivity contribution in [2.45, 2.75) is 50.6 Å². The minimum atomic E-state index is -4.80. The van der Waals surface area contributed by atoms with Crippen LogP contribution in [0.1, 0.15) is 53.1 Å². The maximum atomic E-state index is 14.7. The number of halogens is 5. The van der Waals surface area contributed by atoms with Crippen LogP contribution < -0.4 is 14.2 Å². The summed E-state index contributed by atoms with van der Waals surface area (Å²) in [6.45, 7) is 1.62. The maximum absolute atomic E-state index is 14.7. The van der Waals surface area contributed by atoms with Gasteiger partial charge in [0, 0.05) is 30.4 Å². The van der Waals surface area contributed by atoms with E-state index in [4.69, 9.17) is 16.3 Å². The molecule has 11 heteroatoms. The van der Waals surface area contributed by atoms with Gasteiger partial charge in [0.1, 0.15) is 23.4 Å². The standard InChI is InChI=1S/C24H25ClF4N2O3S/c1-35-30-23(32)20-10-19(15-4-5-15)22(11-21(20)26)33-17-3-2-6-31(13-17)12-14-7-16(25)9-18(8-14)34-24(27,28)29/h7-11,15,17H,2-6,12-13H2,1H3,(H,30,32). The normalized spacial score (nSPS) is 18.9. The fourth-order valence-electron chi connectivity index (χ4n) is 4.30. The topological polar surface area (TPSA) is 50.8 Å². The third-order valence-corrected chi connectivity index (χ3v) is 6.49. The van der Waals surface area contributed by atoms with Gasteiger partial charge in [-0.3, -0.25) is 14.4 Å². The molecule has 0 aromatic heterocycles. The lowest BCUT2D eigenvalue weighted by Gasteiger charge is -2.33. The van der Waals surface area contributed by atoms with E-state index < -0.39 is 18.1 Å². The first-order valence-corrected chi connectivity index (χ1v) is 12.8. The molecule has 1 aliphatic heterocycles. The molecule has 1 amide bonds. The van der Waals surface area contributed by atoms with Crippen LogP contribution in [0.3, 0.4) is 0 Å².